The van der Waals surface area contributed by atoms with E-state index in [4.69, 9.17) is 8.92 Å². The van der Waals surface area contributed by atoms with E-state index in [2.05, 4.69) is 0 Å². The van der Waals surface area contributed by atoms with Gasteiger partial charge < -0.3 is 20.1 Å². The highest BCUT2D eigenvalue weighted by molar-refractivity contribution is 7.86. The summed E-state index contributed by atoms with van der Waals surface area (Å²) in [5, 5.41) is 28.0. The maximum absolute atomic E-state index is 11.9. The molecule has 0 saturated carbocycles. The van der Waals surface area contributed by atoms with Crippen LogP contribution in [-0.2, 0) is 19.0 Å². The maximum atomic E-state index is 11.9. The molecule has 1 aliphatic heterocycles. The van der Waals surface area contributed by atoms with Crippen molar-refractivity contribution in [1.29, 1.82) is 0 Å². The van der Waals surface area contributed by atoms with E-state index < -0.39 is 41.3 Å². The van der Waals surface area contributed by atoms with Crippen LogP contribution in [0.25, 0.3) is 0 Å². The van der Waals surface area contributed by atoms with Crippen molar-refractivity contribution in [1.82, 2.24) is 0 Å². The summed E-state index contributed by atoms with van der Waals surface area (Å²) in [6.45, 7) is 1.33. The second-order valence-electron chi connectivity index (χ2n) is 4.60. The predicted molar refractivity (Wildman–Crippen MR) is 67.2 cm³/mol. The van der Waals surface area contributed by atoms with Gasteiger partial charge in [-0.2, -0.15) is 8.42 Å². The summed E-state index contributed by atoms with van der Waals surface area (Å²) in [6.07, 6.45) is -5.55. The minimum absolute atomic E-state index is 0.0170. The zero-order valence-corrected chi connectivity index (χ0v) is 11.5. The number of ether oxygens (including phenoxy) is 1. The summed E-state index contributed by atoms with van der Waals surface area (Å²) in [5.41, 5.74) is 0.907. The molecule has 112 valence electrons. The fourth-order valence-electron chi connectivity index (χ4n) is 1.80. The van der Waals surface area contributed by atoms with E-state index in [9.17, 15) is 23.7 Å². The van der Waals surface area contributed by atoms with Crippen LogP contribution < -0.4 is 0 Å². The molecule has 2 rings (SSSR count). The molecule has 0 bridgehead atoms. The maximum Gasteiger partial charge on any atom is 0.297 e. The highest BCUT2D eigenvalue weighted by Crippen LogP contribution is 2.21. The standard InChI is InChI=1S/C12H16O7S/c1-7-2-4-8(5-3-7)20(16,17)18-6-9-10(13)11(14)12(15)19-9/h2-5,9-15H,6H2,1H3/t9-,10+,11-,12+/m1/s1. The fourth-order valence-corrected chi connectivity index (χ4v) is 2.71. The molecule has 0 unspecified atom stereocenters. The Hall–Kier alpha value is -1.03. The van der Waals surface area contributed by atoms with Gasteiger partial charge in [-0.1, -0.05) is 17.7 Å². The van der Waals surface area contributed by atoms with Crippen molar-refractivity contribution >= 4 is 10.1 Å². The number of hydrogen-bond acceptors (Lipinski definition) is 7. The number of aliphatic hydroxyl groups excluding tert-OH is 3. The van der Waals surface area contributed by atoms with Gasteiger partial charge in [-0.05, 0) is 19.1 Å². The van der Waals surface area contributed by atoms with Gasteiger partial charge in [-0.3, -0.25) is 4.18 Å². The van der Waals surface area contributed by atoms with Gasteiger partial charge in [0, 0.05) is 0 Å². The minimum Gasteiger partial charge on any atom is -0.387 e. The molecule has 4 atom stereocenters. The van der Waals surface area contributed by atoms with Crippen molar-refractivity contribution in [2.24, 2.45) is 0 Å². The van der Waals surface area contributed by atoms with Crippen LogP contribution in [0.5, 0.6) is 0 Å². The Balaban J connectivity index is 2.01. The topological polar surface area (TPSA) is 113 Å². The van der Waals surface area contributed by atoms with Crippen molar-refractivity contribution in [3.8, 4) is 0 Å². The van der Waals surface area contributed by atoms with E-state index in [-0.39, 0.29) is 4.90 Å². The Morgan fingerprint density at radius 1 is 1.15 bits per heavy atom. The molecular weight excluding hydrogens is 288 g/mol. The first-order valence-electron chi connectivity index (χ1n) is 5.97. The van der Waals surface area contributed by atoms with Gasteiger partial charge in [0.15, 0.2) is 6.29 Å². The third-order valence-electron chi connectivity index (χ3n) is 3.03. The smallest absolute Gasteiger partial charge is 0.297 e. The van der Waals surface area contributed by atoms with Gasteiger partial charge >= 0.3 is 0 Å². The molecule has 7 nitrogen and oxygen atoms in total. The van der Waals surface area contributed by atoms with Gasteiger partial charge in [-0.15, -0.1) is 0 Å². The third kappa shape index (κ3) is 3.17. The molecule has 1 aliphatic rings. The third-order valence-corrected chi connectivity index (χ3v) is 4.33. The van der Waals surface area contributed by atoms with Gasteiger partial charge in [0.2, 0.25) is 0 Å². The second kappa shape index (κ2) is 5.76. The summed E-state index contributed by atoms with van der Waals surface area (Å²) in [6, 6.07) is 6.07. The highest BCUT2D eigenvalue weighted by atomic mass is 32.2. The van der Waals surface area contributed by atoms with Gasteiger partial charge in [0.25, 0.3) is 10.1 Å². The zero-order valence-electron chi connectivity index (χ0n) is 10.7. The van der Waals surface area contributed by atoms with E-state index in [0.29, 0.717) is 0 Å². The lowest BCUT2D eigenvalue weighted by Crippen LogP contribution is -2.34. The molecule has 20 heavy (non-hydrogen) atoms. The molecular formula is C12H16O7S. The highest BCUT2D eigenvalue weighted by Gasteiger charge is 2.42. The number of aryl methyl sites for hydroxylation is 1. The Morgan fingerprint density at radius 2 is 1.75 bits per heavy atom. The van der Waals surface area contributed by atoms with E-state index in [1.54, 1.807) is 12.1 Å². The van der Waals surface area contributed by atoms with Crippen LogP contribution in [0, 0.1) is 6.92 Å². The molecule has 1 aromatic carbocycles. The van der Waals surface area contributed by atoms with E-state index in [1.807, 2.05) is 6.92 Å². The van der Waals surface area contributed by atoms with Crippen LogP contribution in [0.15, 0.2) is 29.2 Å². The molecule has 0 amide bonds. The quantitative estimate of drug-likeness (QED) is 0.620. The lowest BCUT2D eigenvalue weighted by Gasteiger charge is -2.14. The SMILES string of the molecule is Cc1ccc(S(=O)(=O)OC[C@H]2O[C@H](O)[C@H](O)[C@H]2O)cc1. The first-order chi connectivity index (χ1) is 9.31. The molecule has 1 heterocycles. The van der Waals surface area contributed by atoms with Crippen molar-refractivity contribution in [3.05, 3.63) is 29.8 Å². The van der Waals surface area contributed by atoms with E-state index >= 15 is 0 Å². The van der Waals surface area contributed by atoms with Gasteiger partial charge in [-0.25, -0.2) is 0 Å². The van der Waals surface area contributed by atoms with Crippen LogP contribution in [0.2, 0.25) is 0 Å². The summed E-state index contributed by atoms with van der Waals surface area (Å²) in [7, 11) is -3.98. The zero-order chi connectivity index (χ0) is 14.9. The average Bonchev–Trinajstić information content (AvgIpc) is 2.64. The van der Waals surface area contributed by atoms with Crippen molar-refractivity contribution in [2.45, 2.75) is 36.4 Å². The van der Waals surface area contributed by atoms with Crippen LogP contribution >= 0.6 is 0 Å². The van der Waals surface area contributed by atoms with Crippen molar-refractivity contribution in [2.75, 3.05) is 6.61 Å². The molecule has 3 N–H and O–H groups in total. The Kier molecular flexibility index (Phi) is 4.43. The first kappa shape index (κ1) is 15.4. The summed E-state index contributed by atoms with van der Waals surface area (Å²) in [5.74, 6) is 0. The van der Waals surface area contributed by atoms with Crippen molar-refractivity contribution in [3.63, 3.8) is 0 Å². The van der Waals surface area contributed by atoms with Gasteiger partial charge in [0.05, 0.1) is 11.5 Å². The lowest BCUT2D eigenvalue weighted by molar-refractivity contribution is -0.131. The number of rotatable bonds is 4. The molecule has 8 heteroatoms. The van der Waals surface area contributed by atoms with Crippen LogP contribution in [0.1, 0.15) is 5.56 Å². The van der Waals surface area contributed by atoms with Crippen LogP contribution in [0.3, 0.4) is 0 Å². The summed E-state index contributed by atoms with van der Waals surface area (Å²) < 4.78 is 33.3. The summed E-state index contributed by atoms with van der Waals surface area (Å²) >= 11 is 0. The molecule has 1 aromatic rings. The molecule has 1 saturated heterocycles. The number of hydrogen-bond donors (Lipinski definition) is 3. The molecule has 1 fully saturated rings. The molecule has 0 radical (unpaired) electrons. The largest absolute Gasteiger partial charge is 0.387 e. The number of aliphatic hydroxyl groups is 3. The Morgan fingerprint density at radius 3 is 2.25 bits per heavy atom. The normalized spacial score (nSPS) is 30.6. The van der Waals surface area contributed by atoms with Gasteiger partial charge in [0.1, 0.15) is 18.3 Å². The Labute approximate surface area is 116 Å². The van der Waals surface area contributed by atoms with E-state index in [1.165, 1.54) is 12.1 Å². The first-order valence-corrected chi connectivity index (χ1v) is 7.38. The average molecular weight is 304 g/mol. The molecule has 0 aromatic heterocycles. The van der Waals surface area contributed by atoms with E-state index in [0.717, 1.165) is 5.56 Å². The Bertz CT molecular complexity index is 554. The monoisotopic (exact) mass is 304 g/mol. The fraction of sp³-hybridized carbons (Fsp3) is 0.500. The predicted octanol–water partition coefficient (Wildman–Crippen LogP) is -0.861. The van der Waals surface area contributed by atoms with Crippen LogP contribution in [0.4, 0.5) is 0 Å². The minimum atomic E-state index is -3.98. The second-order valence-corrected chi connectivity index (χ2v) is 6.21. The molecule has 0 spiro atoms. The van der Waals surface area contributed by atoms with Crippen molar-refractivity contribution < 1.29 is 32.7 Å². The lowest BCUT2D eigenvalue weighted by atomic mass is 10.1. The molecule has 0 aliphatic carbocycles. The summed E-state index contributed by atoms with van der Waals surface area (Å²) in [4.78, 5) is -0.0170. The number of benzene rings is 1. The van der Waals surface area contributed by atoms with Crippen LogP contribution in [-0.4, -0.2) is 54.9 Å².